The minimum Gasteiger partial charge on any atom is -0.595 e. The molecule has 1 heterocycles. The largest absolute Gasteiger partial charge is 0.595 e. The van der Waals surface area contributed by atoms with Crippen LogP contribution in [-0.4, -0.2) is 21.2 Å². The van der Waals surface area contributed by atoms with E-state index in [2.05, 4.69) is 14.8 Å². The number of benzene rings is 1. The first kappa shape index (κ1) is 22.2. The molecular formula is C22H27N4O3-. The molecule has 1 aromatic heterocycles. The Morgan fingerprint density at radius 3 is 2.45 bits per heavy atom. The van der Waals surface area contributed by atoms with Crippen molar-refractivity contribution < 1.29 is 9.84 Å². The molecule has 7 heteroatoms. The Labute approximate surface area is 171 Å². The number of aryl methyl sites for hydroxylation is 1. The number of hydrogen-bond donors (Lipinski definition) is 0. The fourth-order valence-electron chi connectivity index (χ4n) is 2.85. The van der Waals surface area contributed by atoms with Crippen molar-refractivity contribution in [3.8, 4) is 0 Å². The molecule has 0 aliphatic heterocycles. The highest BCUT2D eigenvalue weighted by molar-refractivity contribution is 5.62. The summed E-state index contributed by atoms with van der Waals surface area (Å²) in [6, 6.07) is 8.75. The highest BCUT2D eigenvalue weighted by Crippen LogP contribution is 2.27. The Balaban J connectivity index is 2.65. The topological polar surface area (TPSA) is 83.9 Å². The molecule has 0 N–H and O–H groups in total. The second kappa shape index (κ2) is 8.91. The highest BCUT2D eigenvalue weighted by Gasteiger charge is 2.24. The molecule has 7 nitrogen and oxygen atoms in total. The first-order chi connectivity index (χ1) is 13.5. The first-order valence-corrected chi connectivity index (χ1v) is 9.50. The zero-order chi connectivity index (χ0) is 21.8. The van der Waals surface area contributed by atoms with E-state index in [0.717, 1.165) is 5.56 Å². The molecular weight excluding hydrogens is 368 g/mol. The number of aliphatic imine (C=N–C) groups is 1. The monoisotopic (exact) mass is 395 g/mol. The van der Waals surface area contributed by atoms with Crippen molar-refractivity contribution in [3.63, 3.8) is 0 Å². The van der Waals surface area contributed by atoms with Crippen LogP contribution in [0.1, 0.15) is 57.7 Å². The van der Waals surface area contributed by atoms with Gasteiger partial charge in [0.1, 0.15) is 18.0 Å². The van der Waals surface area contributed by atoms with Crippen LogP contribution in [0.2, 0.25) is 0 Å². The van der Waals surface area contributed by atoms with E-state index in [-0.39, 0.29) is 18.2 Å². The van der Waals surface area contributed by atoms with Crippen molar-refractivity contribution in [2.45, 2.75) is 59.7 Å². The summed E-state index contributed by atoms with van der Waals surface area (Å²) in [5.74, 6) is 0.235. The van der Waals surface area contributed by atoms with Gasteiger partial charge in [0.2, 0.25) is 0 Å². The lowest BCUT2D eigenvalue weighted by atomic mass is 10.0. The molecule has 0 radical (unpaired) electrons. The Hall–Kier alpha value is -3.14. The maximum Gasteiger partial charge on any atom is 0.271 e. The molecule has 2 aromatic rings. The van der Waals surface area contributed by atoms with Gasteiger partial charge in [0.05, 0.1) is 18.8 Å². The Kier molecular flexibility index (Phi) is 6.80. The number of hydrogen-bond acceptors (Lipinski definition) is 5. The average Bonchev–Trinajstić information content (AvgIpc) is 2.61. The highest BCUT2D eigenvalue weighted by atomic mass is 16.6. The normalized spacial score (nSPS) is 13.2. The summed E-state index contributed by atoms with van der Waals surface area (Å²) in [4.78, 5) is 25.1. The standard InChI is InChI=1S/C22H28N4O3/c1-14(2)17(25-21(28)29-22(4,5)6)19-24-15(3)18(23-7)20(27)26(19)13-16-11-9-8-10-12-16/h8-12,14,17H,13H2,1-6H3,(H,25,28)/p-1. The molecule has 0 aliphatic rings. The molecule has 1 unspecified atom stereocenters. The Morgan fingerprint density at radius 2 is 1.93 bits per heavy atom. The Bertz CT molecular complexity index is 980. The number of rotatable bonds is 5. The van der Waals surface area contributed by atoms with Crippen molar-refractivity contribution in [2.24, 2.45) is 10.9 Å². The lowest BCUT2D eigenvalue weighted by Gasteiger charge is -2.31. The van der Waals surface area contributed by atoms with Crippen LogP contribution in [0, 0.1) is 19.4 Å². The van der Waals surface area contributed by atoms with Gasteiger partial charge in [-0.1, -0.05) is 65.0 Å². The molecule has 0 bridgehead atoms. The van der Waals surface area contributed by atoms with E-state index in [1.54, 1.807) is 27.7 Å². The van der Waals surface area contributed by atoms with Gasteiger partial charge in [0, 0.05) is 5.60 Å². The van der Waals surface area contributed by atoms with Crippen molar-refractivity contribution >= 4 is 11.8 Å². The summed E-state index contributed by atoms with van der Waals surface area (Å²) in [5, 5.41) is 12.4. The predicted molar refractivity (Wildman–Crippen MR) is 111 cm³/mol. The lowest BCUT2D eigenvalue weighted by molar-refractivity contribution is -0.261. The Morgan fingerprint density at radius 1 is 1.31 bits per heavy atom. The van der Waals surface area contributed by atoms with Gasteiger partial charge in [-0.05, 0) is 18.4 Å². The summed E-state index contributed by atoms with van der Waals surface area (Å²) in [6.07, 6.45) is -0.705. The van der Waals surface area contributed by atoms with Crippen molar-refractivity contribution in [2.75, 3.05) is 0 Å². The molecule has 29 heavy (non-hydrogen) atoms. The summed E-state index contributed by atoms with van der Waals surface area (Å²) in [7, 11) is 0. The van der Waals surface area contributed by atoms with Crippen LogP contribution in [0.25, 0.3) is 4.85 Å². The number of ether oxygens (including phenoxy) is 1. The molecule has 0 fully saturated rings. The van der Waals surface area contributed by atoms with Crippen molar-refractivity contribution in [1.29, 1.82) is 0 Å². The van der Waals surface area contributed by atoms with Gasteiger partial charge in [-0.15, -0.1) is 0 Å². The minimum atomic E-state index is -0.705. The third-order valence-corrected chi connectivity index (χ3v) is 4.18. The van der Waals surface area contributed by atoms with Crippen LogP contribution in [0.3, 0.4) is 0 Å². The molecule has 0 saturated heterocycles. The van der Waals surface area contributed by atoms with E-state index in [1.165, 1.54) is 4.57 Å². The molecule has 0 spiro atoms. The summed E-state index contributed by atoms with van der Waals surface area (Å²) in [5.41, 5.74) is 0.0794. The van der Waals surface area contributed by atoms with E-state index in [1.807, 2.05) is 44.2 Å². The smallest absolute Gasteiger partial charge is 0.271 e. The molecule has 2 rings (SSSR count). The van der Waals surface area contributed by atoms with Crippen LogP contribution in [0.15, 0.2) is 40.1 Å². The van der Waals surface area contributed by atoms with Gasteiger partial charge in [-0.3, -0.25) is 14.4 Å². The van der Waals surface area contributed by atoms with Crippen LogP contribution in [0.4, 0.5) is 5.69 Å². The third kappa shape index (κ3) is 5.67. The van der Waals surface area contributed by atoms with E-state index in [4.69, 9.17) is 11.3 Å². The first-order valence-electron chi connectivity index (χ1n) is 9.50. The molecule has 154 valence electrons. The minimum absolute atomic E-state index is 0.0237. The second-order valence-electron chi connectivity index (χ2n) is 8.19. The molecule has 0 amide bonds. The molecule has 0 aliphatic carbocycles. The van der Waals surface area contributed by atoms with Gasteiger partial charge < -0.3 is 9.84 Å². The predicted octanol–water partition coefficient (Wildman–Crippen LogP) is 3.38. The third-order valence-electron chi connectivity index (χ3n) is 4.18. The van der Waals surface area contributed by atoms with E-state index < -0.39 is 23.3 Å². The SMILES string of the molecule is [C-]#[N+]c1c(C)nc(C(N=C([O-])OC(C)(C)C)C(C)C)n(Cc2ccccc2)c1=O. The lowest BCUT2D eigenvalue weighted by Crippen LogP contribution is -2.34. The summed E-state index contributed by atoms with van der Waals surface area (Å²) >= 11 is 0. The fourth-order valence-corrected chi connectivity index (χ4v) is 2.85. The fraction of sp³-hybridized carbons (Fsp3) is 0.455. The van der Waals surface area contributed by atoms with Crippen molar-refractivity contribution in [1.82, 2.24) is 9.55 Å². The van der Waals surface area contributed by atoms with Crippen LogP contribution in [-0.2, 0) is 11.3 Å². The summed E-state index contributed by atoms with van der Waals surface area (Å²) in [6.45, 7) is 18.3. The average molecular weight is 395 g/mol. The van der Waals surface area contributed by atoms with Crippen LogP contribution >= 0.6 is 0 Å². The van der Waals surface area contributed by atoms with E-state index >= 15 is 0 Å². The molecule has 0 saturated carbocycles. The van der Waals surface area contributed by atoms with Gasteiger partial charge >= 0.3 is 0 Å². The number of nitrogens with zero attached hydrogens (tertiary/aromatic N) is 4. The number of aromatic nitrogens is 2. The molecule has 1 aromatic carbocycles. The van der Waals surface area contributed by atoms with Gasteiger partial charge in [-0.25, -0.2) is 9.83 Å². The van der Waals surface area contributed by atoms with Gasteiger partial charge in [0.25, 0.3) is 11.2 Å². The zero-order valence-corrected chi connectivity index (χ0v) is 17.8. The van der Waals surface area contributed by atoms with Gasteiger partial charge in [0.15, 0.2) is 0 Å². The zero-order valence-electron chi connectivity index (χ0n) is 17.8. The van der Waals surface area contributed by atoms with Crippen LogP contribution in [0.5, 0.6) is 0 Å². The van der Waals surface area contributed by atoms with E-state index in [0.29, 0.717) is 11.5 Å². The quantitative estimate of drug-likeness (QED) is 0.441. The van der Waals surface area contributed by atoms with Crippen molar-refractivity contribution in [3.05, 3.63) is 69.2 Å². The summed E-state index contributed by atoms with van der Waals surface area (Å²) < 4.78 is 6.77. The maximum atomic E-state index is 13.0. The molecule has 1 atom stereocenters. The maximum absolute atomic E-state index is 13.0. The second-order valence-corrected chi connectivity index (χ2v) is 8.19. The van der Waals surface area contributed by atoms with E-state index in [9.17, 15) is 9.90 Å². The van der Waals surface area contributed by atoms with Gasteiger partial charge in [-0.2, -0.15) is 0 Å². The van der Waals surface area contributed by atoms with Crippen LogP contribution < -0.4 is 10.7 Å².